The summed E-state index contributed by atoms with van der Waals surface area (Å²) in [4.78, 5) is 0. The van der Waals surface area contributed by atoms with Crippen molar-refractivity contribution in [3.8, 4) is 0 Å². The standard InChI is InChI=1S/C14H15NO4S/c1-11-8-9-12(2)14(10-11)15(19-20(16,17)18)13-6-4-3-5-7-13/h3-10H,1-2H3,(H,16,17,18). The van der Waals surface area contributed by atoms with Crippen molar-refractivity contribution in [2.24, 2.45) is 0 Å². The van der Waals surface area contributed by atoms with Gasteiger partial charge in [-0.05, 0) is 43.2 Å². The van der Waals surface area contributed by atoms with Crippen LogP contribution in [0.1, 0.15) is 11.1 Å². The van der Waals surface area contributed by atoms with Gasteiger partial charge in [0.1, 0.15) is 0 Å². The Kier molecular flexibility index (Phi) is 4.08. The Labute approximate surface area is 118 Å². The lowest BCUT2D eigenvalue weighted by molar-refractivity contribution is 0.272. The molecule has 0 aliphatic heterocycles. The van der Waals surface area contributed by atoms with Gasteiger partial charge >= 0.3 is 10.4 Å². The third-order valence-electron chi connectivity index (χ3n) is 2.74. The summed E-state index contributed by atoms with van der Waals surface area (Å²) in [5, 5.41) is 1.09. The second-order valence-electron chi connectivity index (χ2n) is 4.42. The fourth-order valence-electron chi connectivity index (χ4n) is 1.82. The van der Waals surface area contributed by atoms with Gasteiger partial charge in [0.15, 0.2) is 0 Å². The first-order valence-corrected chi connectivity index (χ1v) is 7.33. The molecule has 0 unspecified atom stereocenters. The van der Waals surface area contributed by atoms with Crippen LogP contribution in [0.25, 0.3) is 0 Å². The number of hydrogen-bond donors (Lipinski definition) is 1. The number of para-hydroxylation sites is 1. The highest BCUT2D eigenvalue weighted by molar-refractivity contribution is 7.80. The fourth-order valence-corrected chi connectivity index (χ4v) is 2.17. The first kappa shape index (κ1) is 14.5. The van der Waals surface area contributed by atoms with E-state index < -0.39 is 10.4 Å². The lowest BCUT2D eigenvalue weighted by atomic mass is 10.1. The van der Waals surface area contributed by atoms with Crippen LogP contribution >= 0.6 is 0 Å². The summed E-state index contributed by atoms with van der Waals surface area (Å²) in [5.74, 6) is 0. The van der Waals surface area contributed by atoms with Crippen LogP contribution in [0.15, 0.2) is 48.5 Å². The van der Waals surface area contributed by atoms with Crippen LogP contribution in [-0.2, 0) is 14.7 Å². The van der Waals surface area contributed by atoms with Crippen LogP contribution in [0.4, 0.5) is 11.4 Å². The molecule has 0 amide bonds. The summed E-state index contributed by atoms with van der Waals surface area (Å²) >= 11 is 0. The van der Waals surface area contributed by atoms with Gasteiger partial charge in [-0.3, -0.25) is 4.55 Å². The summed E-state index contributed by atoms with van der Waals surface area (Å²) < 4.78 is 35.8. The molecule has 0 heterocycles. The molecule has 0 bridgehead atoms. The average molecular weight is 293 g/mol. The smallest absolute Gasteiger partial charge is 0.262 e. The molecule has 0 saturated heterocycles. The van der Waals surface area contributed by atoms with E-state index in [1.165, 1.54) is 0 Å². The molecule has 5 nitrogen and oxygen atoms in total. The maximum atomic E-state index is 11.1. The fraction of sp³-hybridized carbons (Fsp3) is 0.143. The van der Waals surface area contributed by atoms with Crippen LogP contribution in [-0.4, -0.2) is 13.0 Å². The van der Waals surface area contributed by atoms with Crippen molar-refractivity contribution < 1.29 is 17.3 Å². The average Bonchev–Trinajstić information content (AvgIpc) is 2.39. The van der Waals surface area contributed by atoms with Crippen LogP contribution in [0.2, 0.25) is 0 Å². The lowest BCUT2D eigenvalue weighted by Crippen LogP contribution is -2.22. The molecular weight excluding hydrogens is 278 g/mol. The first-order valence-electron chi connectivity index (χ1n) is 5.96. The molecule has 1 N–H and O–H groups in total. The molecular formula is C14H15NO4S. The predicted molar refractivity (Wildman–Crippen MR) is 77.1 cm³/mol. The minimum atomic E-state index is -4.62. The zero-order valence-corrected chi connectivity index (χ0v) is 12.0. The van der Waals surface area contributed by atoms with Gasteiger partial charge in [0.05, 0.1) is 11.4 Å². The van der Waals surface area contributed by atoms with Crippen LogP contribution in [0.5, 0.6) is 0 Å². The van der Waals surface area contributed by atoms with Crippen molar-refractivity contribution in [1.82, 2.24) is 0 Å². The number of anilines is 2. The predicted octanol–water partition coefficient (Wildman–Crippen LogP) is 3.18. The quantitative estimate of drug-likeness (QED) is 0.692. The first-order chi connectivity index (χ1) is 9.37. The molecule has 6 heteroatoms. The van der Waals surface area contributed by atoms with Gasteiger partial charge in [-0.1, -0.05) is 30.3 Å². The Morgan fingerprint density at radius 2 is 1.70 bits per heavy atom. The van der Waals surface area contributed by atoms with Crippen molar-refractivity contribution in [3.05, 3.63) is 59.7 Å². The lowest BCUT2D eigenvalue weighted by Gasteiger charge is -2.23. The van der Waals surface area contributed by atoms with Crippen molar-refractivity contribution in [3.63, 3.8) is 0 Å². The van der Waals surface area contributed by atoms with Gasteiger partial charge in [0, 0.05) is 0 Å². The molecule has 0 aliphatic carbocycles. The highest BCUT2D eigenvalue weighted by atomic mass is 32.3. The number of hydrogen-bond acceptors (Lipinski definition) is 4. The van der Waals surface area contributed by atoms with E-state index in [4.69, 9.17) is 8.84 Å². The Balaban J connectivity index is 2.54. The molecule has 0 radical (unpaired) electrons. The summed E-state index contributed by atoms with van der Waals surface area (Å²) in [6.45, 7) is 3.72. The monoisotopic (exact) mass is 293 g/mol. The maximum Gasteiger partial charge on any atom is 0.418 e. The molecule has 2 rings (SSSR count). The zero-order chi connectivity index (χ0) is 14.8. The van der Waals surface area contributed by atoms with Crippen molar-refractivity contribution in [2.75, 3.05) is 5.06 Å². The topological polar surface area (TPSA) is 66.8 Å². The Bertz CT molecular complexity index is 698. The van der Waals surface area contributed by atoms with E-state index in [-0.39, 0.29) is 0 Å². The Morgan fingerprint density at radius 3 is 2.30 bits per heavy atom. The minimum absolute atomic E-state index is 0.499. The third kappa shape index (κ3) is 3.57. The van der Waals surface area contributed by atoms with Gasteiger partial charge in [-0.2, -0.15) is 8.42 Å². The normalized spacial score (nSPS) is 11.3. The highest BCUT2D eigenvalue weighted by Gasteiger charge is 2.19. The summed E-state index contributed by atoms with van der Waals surface area (Å²) in [6, 6.07) is 14.2. The molecule has 0 fully saturated rings. The molecule has 2 aromatic rings. The Morgan fingerprint density at radius 1 is 1.05 bits per heavy atom. The van der Waals surface area contributed by atoms with Gasteiger partial charge in [-0.15, -0.1) is 4.28 Å². The number of nitrogens with zero attached hydrogens (tertiary/aromatic N) is 1. The number of benzene rings is 2. The molecule has 0 aromatic heterocycles. The number of aryl methyl sites for hydroxylation is 2. The number of rotatable bonds is 4. The van der Waals surface area contributed by atoms with Gasteiger partial charge in [0.25, 0.3) is 0 Å². The molecule has 0 atom stereocenters. The SMILES string of the molecule is Cc1ccc(C)c(N(OS(=O)(=O)O)c2ccccc2)c1. The van der Waals surface area contributed by atoms with Gasteiger partial charge in [0.2, 0.25) is 0 Å². The molecule has 0 spiro atoms. The van der Waals surface area contributed by atoms with Gasteiger partial charge < -0.3 is 0 Å². The molecule has 0 saturated carbocycles. The second-order valence-corrected chi connectivity index (χ2v) is 5.43. The Hall–Kier alpha value is -1.89. The van der Waals surface area contributed by atoms with E-state index in [0.29, 0.717) is 11.4 Å². The zero-order valence-electron chi connectivity index (χ0n) is 11.1. The van der Waals surface area contributed by atoms with E-state index in [0.717, 1.165) is 16.2 Å². The van der Waals surface area contributed by atoms with E-state index in [2.05, 4.69) is 0 Å². The summed E-state index contributed by atoms with van der Waals surface area (Å²) in [6.07, 6.45) is 0. The van der Waals surface area contributed by atoms with E-state index in [1.54, 1.807) is 36.4 Å². The van der Waals surface area contributed by atoms with Crippen LogP contribution in [0, 0.1) is 13.8 Å². The molecule has 106 valence electrons. The van der Waals surface area contributed by atoms with Crippen molar-refractivity contribution in [1.29, 1.82) is 0 Å². The van der Waals surface area contributed by atoms with E-state index >= 15 is 0 Å². The van der Waals surface area contributed by atoms with Crippen LogP contribution in [0.3, 0.4) is 0 Å². The van der Waals surface area contributed by atoms with Gasteiger partial charge in [-0.25, -0.2) is 5.06 Å². The van der Waals surface area contributed by atoms with Crippen molar-refractivity contribution in [2.45, 2.75) is 13.8 Å². The van der Waals surface area contributed by atoms with E-state index in [1.807, 2.05) is 26.0 Å². The van der Waals surface area contributed by atoms with Crippen molar-refractivity contribution >= 4 is 21.8 Å². The molecule has 20 heavy (non-hydrogen) atoms. The van der Waals surface area contributed by atoms with Crippen LogP contribution < -0.4 is 5.06 Å². The summed E-state index contributed by atoms with van der Waals surface area (Å²) in [5.41, 5.74) is 2.82. The summed E-state index contributed by atoms with van der Waals surface area (Å²) in [7, 11) is -4.62. The highest BCUT2D eigenvalue weighted by Crippen LogP contribution is 2.30. The molecule has 0 aliphatic rings. The second kappa shape index (κ2) is 5.62. The minimum Gasteiger partial charge on any atom is -0.262 e. The third-order valence-corrected chi connectivity index (χ3v) is 3.08. The van der Waals surface area contributed by atoms with E-state index in [9.17, 15) is 8.42 Å². The maximum absolute atomic E-state index is 11.1. The largest absolute Gasteiger partial charge is 0.418 e. The molecule has 2 aromatic carbocycles.